The number of rotatable bonds is 2. The highest BCUT2D eigenvalue weighted by atomic mass is 19.1. The topological polar surface area (TPSA) is 91.4 Å². The van der Waals surface area contributed by atoms with Crippen LogP contribution in [0.25, 0.3) is 0 Å². The number of nitrogens with one attached hydrogen (secondary N) is 2. The number of likely N-dealkylation sites (tertiary alicyclic amines) is 1. The minimum absolute atomic E-state index is 0.0698. The molecule has 4 amide bonds. The first kappa shape index (κ1) is 12.9. The zero-order chi connectivity index (χ0) is 14.0. The van der Waals surface area contributed by atoms with E-state index in [0.717, 1.165) is 17.2 Å². The fourth-order valence-corrected chi connectivity index (χ4v) is 1.63. The molecule has 0 bridgehead atoms. The van der Waals surface area contributed by atoms with Crippen LogP contribution in [0.15, 0.2) is 18.3 Å². The van der Waals surface area contributed by atoms with Crippen LogP contribution in [0.1, 0.15) is 6.42 Å². The van der Waals surface area contributed by atoms with Gasteiger partial charge in [0.05, 0.1) is 12.6 Å². The number of hydrogen-bond acceptors (Lipinski definition) is 4. The fraction of sp³-hybridized carbons (Fsp3) is 0.273. The second kappa shape index (κ2) is 5.01. The SMILES string of the molecule is CN1C(=O)C[C@H](NC(=O)Nc2ccc(F)cn2)C1=O. The molecule has 100 valence electrons. The number of nitrogens with zero attached hydrogens (tertiary/aromatic N) is 2. The number of carbonyl (C=O) groups excluding carboxylic acids is 3. The van der Waals surface area contributed by atoms with E-state index in [1.165, 1.54) is 13.1 Å². The van der Waals surface area contributed by atoms with Gasteiger partial charge < -0.3 is 5.32 Å². The molecule has 0 saturated carbocycles. The highest BCUT2D eigenvalue weighted by Gasteiger charge is 2.36. The van der Waals surface area contributed by atoms with E-state index in [-0.39, 0.29) is 18.1 Å². The summed E-state index contributed by atoms with van der Waals surface area (Å²) in [6.45, 7) is 0. The quantitative estimate of drug-likeness (QED) is 0.743. The van der Waals surface area contributed by atoms with Gasteiger partial charge in [0.2, 0.25) is 5.91 Å². The minimum atomic E-state index is -0.877. The van der Waals surface area contributed by atoms with Gasteiger partial charge in [-0.05, 0) is 12.1 Å². The van der Waals surface area contributed by atoms with Crippen molar-refractivity contribution in [3.63, 3.8) is 0 Å². The molecule has 1 fully saturated rings. The summed E-state index contributed by atoms with van der Waals surface area (Å²) < 4.78 is 12.6. The number of urea groups is 1. The predicted octanol–water partition coefficient (Wildman–Crippen LogP) is 0.0995. The Morgan fingerprint density at radius 2 is 2.21 bits per heavy atom. The van der Waals surface area contributed by atoms with Crippen molar-refractivity contribution in [2.75, 3.05) is 12.4 Å². The second-order valence-corrected chi connectivity index (χ2v) is 4.01. The Morgan fingerprint density at radius 1 is 1.47 bits per heavy atom. The lowest BCUT2D eigenvalue weighted by Crippen LogP contribution is -2.42. The molecule has 1 aromatic heterocycles. The van der Waals surface area contributed by atoms with Gasteiger partial charge >= 0.3 is 6.03 Å². The maximum absolute atomic E-state index is 12.6. The molecule has 1 aliphatic rings. The lowest BCUT2D eigenvalue weighted by molar-refractivity contribution is -0.137. The number of amides is 4. The van der Waals surface area contributed by atoms with Crippen LogP contribution in [0.2, 0.25) is 0 Å². The standard InChI is InChI=1S/C11H11FN4O3/c1-16-9(17)4-7(10(16)18)14-11(19)15-8-3-2-6(12)5-13-8/h2-3,5,7H,4H2,1H3,(H2,13,14,15,19)/t7-/m0/s1. The van der Waals surface area contributed by atoms with E-state index >= 15 is 0 Å². The van der Waals surface area contributed by atoms with Crippen molar-refractivity contribution in [2.45, 2.75) is 12.5 Å². The molecule has 0 radical (unpaired) electrons. The number of hydrogen-bond donors (Lipinski definition) is 2. The van der Waals surface area contributed by atoms with Crippen LogP contribution < -0.4 is 10.6 Å². The fourth-order valence-electron chi connectivity index (χ4n) is 1.63. The highest BCUT2D eigenvalue weighted by Crippen LogP contribution is 2.11. The first-order valence-corrected chi connectivity index (χ1v) is 5.47. The monoisotopic (exact) mass is 266 g/mol. The van der Waals surface area contributed by atoms with Gasteiger partial charge in [0.25, 0.3) is 5.91 Å². The molecule has 1 saturated heterocycles. The molecule has 19 heavy (non-hydrogen) atoms. The Hall–Kier alpha value is -2.51. The van der Waals surface area contributed by atoms with E-state index in [9.17, 15) is 18.8 Å². The summed E-state index contributed by atoms with van der Waals surface area (Å²) in [6.07, 6.45) is 0.882. The average molecular weight is 266 g/mol. The van der Waals surface area contributed by atoms with Crippen LogP contribution in [0, 0.1) is 5.82 Å². The molecule has 0 aromatic carbocycles. The highest BCUT2D eigenvalue weighted by molar-refractivity contribution is 6.07. The molecule has 2 heterocycles. The van der Waals surface area contributed by atoms with E-state index in [2.05, 4.69) is 15.6 Å². The van der Waals surface area contributed by atoms with Gasteiger partial charge in [0.1, 0.15) is 17.7 Å². The molecule has 0 aliphatic carbocycles. The third kappa shape index (κ3) is 2.84. The molecule has 1 aromatic rings. The van der Waals surface area contributed by atoms with Crippen molar-refractivity contribution < 1.29 is 18.8 Å². The van der Waals surface area contributed by atoms with Gasteiger partial charge in [-0.2, -0.15) is 0 Å². The maximum atomic E-state index is 12.6. The van der Waals surface area contributed by atoms with Gasteiger partial charge in [-0.15, -0.1) is 0 Å². The Labute approximate surface area is 107 Å². The third-order valence-corrected chi connectivity index (χ3v) is 2.66. The van der Waals surface area contributed by atoms with E-state index in [1.807, 2.05) is 0 Å². The Kier molecular flexibility index (Phi) is 3.41. The second-order valence-electron chi connectivity index (χ2n) is 4.01. The molecule has 2 rings (SSSR count). The molecule has 7 nitrogen and oxygen atoms in total. The van der Waals surface area contributed by atoms with Gasteiger partial charge in [-0.1, -0.05) is 0 Å². The van der Waals surface area contributed by atoms with Gasteiger partial charge in [0.15, 0.2) is 0 Å². The Balaban J connectivity index is 1.93. The number of likely N-dealkylation sites (N-methyl/N-ethyl adjacent to an activating group) is 1. The summed E-state index contributed by atoms with van der Waals surface area (Å²) in [4.78, 5) is 39.0. The van der Waals surface area contributed by atoms with Gasteiger partial charge in [-0.3, -0.25) is 19.8 Å². The average Bonchev–Trinajstić information content (AvgIpc) is 2.60. The molecule has 1 aliphatic heterocycles. The molecule has 2 N–H and O–H groups in total. The summed E-state index contributed by atoms with van der Waals surface area (Å²) in [7, 11) is 1.35. The molecule has 8 heteroatoms. The van der Waals surface area contributed by atoms with Crippen molar-refractivity contribution in [1.29, 1.82) is 0 Å². The zero-order valence-corrected chi connectivity index (χ0v) is 10.0. The molecule has 0 spiro atoms. The van der Waals surface area contributed by atoms with E-state index < -0.39 is 23.8 Å². The first-order chi connectivity index (χ1) is 8.97. The number of anilines is 1. The van der Waals surface area contributed by atoms with Gasteiger partial charge in [0, 0.05) is 7.05 Å². The van der Waals surface area contributed by atoms with Crippen LogP contribution >= 0.6 is 0 Å². The summed E-state index contributed by atoms with van der Waals surface area (Å²) in [5.74, 6) is -1.20. The molecular formula is C11H11FN4O3. The maximum Gasteiger partial charge on any atom is 0.321 e. The third-order valence-electron chi connectivity index (χ3n) is 2.66. The Morgan fingerprint density at radius 3 is 2.74 bits per heavy atom. The number of halogens is 1. The summed E-state index contributed by atoms with van der Waals surface area (Å²) >= 11 is 0. The van der Waals surface area contributed by atoms with Crippen LogP contribution in [0.5, 0.6) is 0 Å². The number of aromatic nitrogens is 1. The van der Waals surface area contributed by atoms with Crippen LogP contribution in [-0.2, 0) is 9.59 Å². The lowest BCUT2D eigenvalue weighted by Gasteiger charge is -2.11. The first-order valence-electron chi connectivity index (χ1n) is 5.47. The summed E-state index contributed by atoms with van der Waals surface area (Å²) in [5.41, 5.74) is 0. The van der Waals surface area contributed by atoms with Crippen molar-refractivity contribution in [3.8, 4) is 0 Å². The number of pyridine rings is 1. The van der Waals surface area contributed by atoms with E-state index in [4.69, 9.17) is 0 Å². The number of imide groups is 1. The lowest BCUT2D eigenvalue weighted by atomic mass is 10.2. The summed E-state index contributed by atoms with van der Waals surface area (Å²) in [5, 5.41) is 4.69. The van der Waals surface area contributed by atoms with Crippen LogP contribution in [0.4, 0.5) is 15.0 Å². The molecular weight excluding hydrogens is 255 g/mol. The molecule has 0 unspecified atom stereocenters. The largest absolute Gasteiger partial charge is 0.325 e. The van der Waals surface area contributed by atoms with E-state index in [1.54, 1.807) is 0 Å². The normalized spacial score (nSPS) is 18.6. The van der Waals surface area contributed by atoms with Crippen molar-refractivity contribution in [2.24, 2.45) is 0 Å². The Bertz CT molecular complexity index is 531. The molecule has 1 atom stereocenters. The van der Waals surface area contributed by atoms with Crippen molar-refractivity contribution in [1.82, 2.24) is 15.2 Å². The minimum Gasteiger partial charge on any atom is -0.325 e. The number of carbonyl (C=O) groups is 3. The predicted molar refractivity (Wildman–Crippen MR) is 62.5 cm³/mol. The van der Waals surface area contributed by atoms with Crippen LogP contribution in [0.3, 0.4) is 0 Å². The van der Waals surface area contributed by atoms with Crippen LogP contribution in [-0.4, -0.2) is 40.8 Å². The zero-order valence-electron chi connectivity index (χ0n) is 10.0. The van der Waals surface area contributed by atoms with Crippen molar-refractivity contribution in [3.05, 3.63) is 24.1 Å². The van der Waals surface area contributed by atoms with Gasteiger partial charge in [-0.25, -0.2) is 14.2 Å². The van der Waals surface area contributed by atoms with E-state index in [0.29, 0.717) is 0 Å². The van der Waals surface area contributed by atoms with Crippen molar-refractivity contribution >= 4 is 23.7 Å². The summed E-state index contributed by atoms with van der Waals surface area (Å²) in [6, 6.07) is 0.863. The smallest absolute Gasteiger partial charge is 0.321 e.